The van der Waals surface area contributed by atoms with Crippen molar-refractivity contribution in [3.63, 3.8) is 0 Å². The fourth-order valence-corrected chi connectivity index (χ4v) is 4.35. The van der Waals surface area contributed by atoms with Gasteiger partial charge in [-0.15, -0.1) is 0 Å². The van der Waals surface area contributed by atoms with Crippen LogP contribution < -0.4 is 10.3 Å². The lowest BCUT2D eigenvalue weighted by atomic mass is 10.1. The van der Waals surface area contributed by atoms with Crippen LogP contribution >= 0.6 is 0 Å². The van der Waals surface area contributed by atoms with Crippen molar-refractivity contribution >= 4 is 20.9 Å². The van der Waals surface area contributed by atoms with Crippen molar-refractivity contribution in [2.45, 2.75) is 30.7 Å². The lowest BCUT2D eigenvalue weighted by Gasteiger charge is -2.09. The molecular formula is C19H18N2O3S. The van der Waals surface area contributed by atoms with Gasteiger partial charge in [0.25, 0.3) is 5.56 Å². The third-order valence-corrected chi connectivity index (χ3v) is 6.06. The largest absolute Gasteiger partial charge is 0.322 e. The van der Waals surface area contributed by atoms with Gasteiger partial charge in [-0.05, 0) is 60.0 Å². The Morgan fingerprint density at radius 3 is 2.68 bits per heavy atom. The Morgan fingerprint density at radius 1 is 1.00 bits per heavy atom. The zero-order chi connectivity index (χ0) is 17.4. The molecular weight excluding hydrogens is 336 g/mol. The summed E-state index contributed by atoms with van der Waals surface area (Å²) in [5.41, 5.74) is 3.17. The Hall–Kier alpha value is -2.44. The zero-order valence-electron chi connectivity index (χ0n) is 13.6. The van der Waals surface area contributed by atoms with E-state index in [2.05, 4.69) is 9.71 Å². The van der Waals surface area contributed by atoms with Crippen LogP contribution in [0.4, 0.5) is 0 Å². The standard InChI is InChI=1S/C19H18N2O3S/c22-19-16(10-15-4-1-2-7-18(15)21-19)12-20-25(23,24)17-9-8-13-5-3-6-14(13)11-17/h1-2,4,7-11,20H,3,5-6,12H2,(H,21,22). The minimum absolute atomic E-state index is 0.0421. The molecule has 0 radical (unpaired) electrons. The fraction of sp³-hybridized carbons (Fsp3) is 0.211. The van der Waals surface area contributed by atoms with E-state index in [0.717, 1.165) is 35.7 Å². The normalized spacial score (nSPS) is 13.9. The molecule has 3 aromatic rings. The second kappa shape index (κ2) is 6.13. The average molecular weight is 354 g/mol. The van der Waals surface area contributed by atoms with E-state index in [9.17, 15) is 13.2 Å². The molecule has 0 atom stereocenters. The summed E-state index contributed by atoms with van der Waals surface area (Å²) >= 11 is 0. The molecule has 0 fully saturated rings. The molecule has 2 aromatic carbocycles. The number of sulfonamides is 1. The number of para-hydroxylation sites is 1. The monoisotopic (exact) mass is 354 g/mol. The first-order valence-electron chi connectivity index (χ1n) is 8.25. The minimum atomic E-state index is -3.65. The molecule has 1 aliphatic rings. The zero-order valence-corrected chi connectivity index (χ0v) is 14.4. The maximum atomic E-state index is 12.6. The average Bonchev–Trinajstić information content (AvgIpc) is 3.07. The van der Waals surface area contributed by atoms with Gasteiger partial charge in [-0.2, -0.15) is 0 Å². The van der Waals surface area contributed by atoms with Crippen LogP contribution in [0.3, 0.4) is 0 Å². The van der Waals surface area contributed by atoms with Crippen LogP contribution in [0.25, 0.3) is 10.9 Å². The first kappa shape index (κ1) is 16.1. The van der Waals surface area contributed by atoms with E-state index >= 15 is 0 Å². The third-order valence-electron chi connectivity index (χ3n) is 4.66. The molecule has 0 unspecified atom stereocenters. The van der Waals surface area contributed by atoms with Crippen molar-refractivity contribution in [3.8, 4) is 0 Å². The predicted molar refractivity (Wildman–Crippen MR) is 97.1 cm³/mol. The highest BCUT2D eigenvalue weighted by Gasteiger charge is 2.18. The number of rotatable bonds is 4. The fourth-order valence-electron chi connectivity index (χ4n) is 3.30. The van der Waals surface area contributed by atoms with Gasteiger partial charge in [-0.1, -0.05) is 24.3 Å². The van der Waals surface area contributed by atoms with E-state index in [-0.39, 0.29) is 17.0 Å². The summed E-state index contributed by atoms with van der Waals surface area (Å²) in [4.78, 5) is 15.2. The van der Waals surface area contributed by atoms with E-state index in [1.54, 1.807) is 18.2 Å². The highest BCUT2D eigenvalue weighted by molar-refractivity contribution is 7.89. The molecule has 5 nitrogen and oxygen atoms in total. The number of fused-ring (bicyclic) bond motifs is 2. The van der Waals surface area contributed by atoms with Gasteiger partial charge in [0.05, 0.1) is 4.90 Å². The van der Waals surface area contributed by atoms with Crippen molar-refractivity contribution in [3.05, 3.63) is 75.6 Å². The molecule has 1 aliphatic carbocycles. The second-order valence-corrected chi connectivity index (χ2v) is 8.09. The van der Waals surface area contributed by atoms with Crippen LogP contribution in [0, 0.1) is 0 Å². The number of aryl methyl sites for hydroxylation is 2. The van der Waals surface area contributed by atoms with Crippen molar-refractivity contribution < 1.29 is 8.42 Å². The highest BCUT2D eigenvalue weighted by atomic mass is 32.2. The van der Waals surface area contributed by atoms with Gasteiger partial charge < -0.3 is 4.98 Å². The Bertz CT molecular complexity index is 1120. The maximum Gasteiger partial charge on any atom is 0.252 e. The van der Waals surface area contributed by atoms with Crippen LogP contribution in [-0.2, 0) is 29.4 Å². The van der Waals surface area contributed by atoms with Crippen molar-refractivity contribution in [2.24, 2.45) is 0 Å². The number of H-pyrrole nitrogens is 1. The van der Waals surface area contributed by atoms with Gasteiger partial charge in [0.15, 0.2) is 0 Å². The second-order valence-electron chi connectivity index (χ2n) is 6.32. The predicted octanol–water partition coefficient (Wildman–Crippen LogP) is 2.50. The summed E-state index contributed by atoms with van der Waals surface area (Å²) in [6.45, 7) is -0.0421. The molecule has 6 heteroatoms. The van der Waals surface area contributed by atoms with Gasteiger partial charge in [-0.25, -0.2) is 13.1 Å². The smallest absolute Gasteiger partial charge is 0.252 e. The number of aromatic nitrogens is 1. The molecule has 0 saturated carbocycles. The van der Waals surface area contributed by atoms with Gasteiger partial charge in [-0.3, -0.25) is 4.79 Å². The van der Waals surface area contributed by atoms with E-state index in [1.807, 2.05) is 30.3 Å². The Morgan fingerprint density at radius 2 is 1.80 bits per heavy atom. The van der Waals surface area contributed by atoms with E-state index in [4.69, 9.17) is 0 Å². The molecule has 2 N–H and O–H groups in total. The molecule has 128 valence electrons. The third kappa shape index (κ3) is 3.10. The number of aromatic amines is 1. The Kier molecular flexibility index (Phi) is 3.94. The van der Waals surface area contributed by atoms with Crippen LogP contribution in [0.1, 0.15) is 23.1 Å². The van der Waals surface area contributed by atoms with Gasteiger partial charge in [0, 0.05) is 17.6 Å². The van der Waals surface area contributed by atoms with Gasteiger partial charge in [0.2, 0.25) is 10.0 Å². The molecule has 25 heavy (non-hydrogen) atoms. The van der Waals surface area contributed by atoms with Crippen molar-refractivity contribution in [1.29, 1.82) is 0 Å². The van der Waals surface area contributed by atoms with Crippen molar-refractivity contribution in [2.75, 3.05) is 0 Å². The van der Waals surface area contributed by atoms with E-state index in [1.165, 1.54) is 5.56 Å². The number of hydrogen-bond donors (Lipinski definition) is 2. The summed E-state index contributed by atoms with van der Waals surface area (Å²) in [6.07, 6.45) is 3.00. The van der Waals surface area contributed by atoms with Crippen LogP contribution in [0.2, 0.25) is 0 Å². The van der Waals surface area contributed by atoms with Gasteiger partial charge in [0.1, 0.15) is 0 Å². The maximum absolute atomic E-state index is 12.6. The van der Waals surface area contributed by atoms with E-state index in [0.29, 0.717) is 5.56 Å². The number of nitrogens with one attached hydrogen (secondary N) is 2. The van der Waals surface area contributed by atoms with Gasteiger partial charge >= 0.3 is 0 Å². The summed E-state index contributed by atoms with van der Waals surface area (Å²) in [5.74, 6) is 0. The first-order chi connectivity index (χ1) is 12.0. The summed E-state index contributed by atoms with van der Waals surface area (Å²) < 4.78 is 27.7. The molecule has 1 heterocycles. The summed E-state index contributed by atoms with van der Waals surface area (Å²) in [7, 11) is -3.65. The highest BCUT2D eigenvalue weighted by Crippen LogP contribution is 2.24. The van der Waals surface area contributed by atoms with Crippen molar-refractivity contribution in [1.82, 2.24) is 9.71 Å². The molecule has 1 aromatic heterocycles. The molecule has 4 rings (SSSR count). The number of hydrogen-bond acceptors (Lipinski definition) is 3. The van der Waals surface area contributed by atoms with E-state index < -0.39 is 10.0 Å². The quantitative estimate of drug-likeness (QED) is 0.755. The minimum Gasteiger partial charge on any atom is -0.322 e. The SMILES string of the molecule is O=c1[nH]c2ccccc2cc1CNS(=O)(=O)c1ccc2c(c1)CCC2. The topological polar surface area (TPSA) is 79.0 Å². The summed E-state index contributed by atoms with van der Waals surface area (Å²) in [5, 5.41) is 0.869. The summed E-state index contributed by atoms with van der Waals surface area (Å²) in [6, 6.07) is 14.4. The molecule has 0 bridgehead atoms. The number of pyridine rings is 1. The lowest BCUT2D eigenvalue weighted by Crippen LogP contribution is -2.27. The lowest BCUT2D eigenvalue weighted by molar-refractivity contribution is 0.581. The molecule has 0 aliphatic heterocycles. The number of benzene rings is 2. The molecule has 0 amide bonds. The van der Waals surface area contributed by atoms with Crippen LogP contribution in [0.15, 0.2) is 58.2 Å². The first-order valence-corrected chi connectivity index (χ1v) is 9.74. The Balaban J connectivity index is 1.60. The molecule has 0 spiro atoms. The van der Waals surface area contributed by atoms with Crippen LogP contribution in [-0.4, -0.2) is 13.4 Å². The van der Waals surface area contributed by atoms with Crippen LogP contribution in [0.5, 0.6) is 0 Å². The molecule has 0 saturated heterocycles. The Labute approximate surface area is 145 Å².